The van der Waals surface area contributed by atoms with Crippen molar-refractivity contribution in [1.29, 1.82) is 0 Å². The fourth-order valence-electron chi connectivity index (χ4n) is 4.04. The lowest BCUT2D eigenvalue weighted by molar-refractivity contribution is -0.132. The Morgan fingerprint density at radius 1 is 1.03 bits per heavy atom. The zero-order valence-electron chi connectivity index (χ0n) is 21.3. The first-order valence-electron chi connectivity index (χ1n) is 12.2. The van der Waals surface area contributed by atoms with Gasteiger partial charge in [0.15, 0.2) is 0 Å². The van der Waals surface area contributed by atoms with E-state index in [9.17, 15) is 14.7 Å². The molecule has 4 rings (SSSR count). The van der Waals surface area contributed by atoms with Crippen LogP contribution in [0.2, 0.25) is 5.02 Å². The van der Waals surface area contributed by atoms with Crippen LogP contribution in [0.3, 0.4) is 0 Å². The van der Waals surface area contributed by atoms with Crippen LogP contribution in [0, 0.1) is 0 Å². The predicted molar refractivity (Wildman–Crippen MR) is 151 cm³/mol. The fraction of sp³-hybridized carbons (Fsp3) is 0.207. The summed E-state index contributed by atoms with van der Waals surface area (Å²) in [5.41, 5.74) is 5.49. The van der Waals surface area contributed by atoms with Gasteiger partial charge in [0, 0.05) is 47.9 Å². The van der Waals surface area contributed by atoms with Crippen molar-refractivity contribution in [1.82, 2.24) is 19.8 Å². The van der Waals surface area contributed by atoms with Gasteiger partial charge >= 0.3 is 0 Å². The number of hydrogen-bond acceptors (Lipinski definition) is 5. The molecule has 9 heteroatoms. The second-order valence-corrected chi connectivity index (χ2v) is 9.61. The Hall–Kier alpha value is -4.14. The summed E-state index contributed by atoms with van der Waals surface area (Å²) < 4.78 is 1.91. The van der Waals surface area contributed by atoms with Gasteiger partial charge in [-0.3, -0.25) is 9.59 Å². The van der Waals surface area contributed by atoms with Crippen LogP contribution in [0.25, 0.3) is 10.9 Å². The molecule has 196 valence electrons. The van der Waals surface area contributed by atoms with Gasteiger partial charge in [-0.2, -0.15) is 5.10 Å². The lowest BCUT2D eigenvalue weighted by Crippen LogP contribution is -2.38. The van der Waals surface area contributed by atoms with Gasteiger partial charge < -0.3 is 19.5 Å². The van der Waals surface area contributed by atoms with Gasteiger partial charge in [0.05, 0.1) is 11.2 Å². The third-order valence-corrected chi connectivity index (χ3v) is 6.39. The molecule has 2 amide bonds. The van der Waals surface area contributed by atoms with Crippen molar-refractivity contribution in [2.24, 2.45) is 5.10 Å². The third kappa shape index (κ3) is 6.79. The maximum absolute atomic E-state index is 13.5. The van der Waals surface area contributed by atoms with Gasteiger partial charge in [-0.25, -0.2) is 5.43 Å². The zero-order chi connectivity index (χ0) is 27.1. The van der Waals surface area contributed by atoms with E-state index in [1.165, 1.54) is 18.2 Å². The van der Waals surface area contributed by atoms with E-state index in [1.54, 1.807) is 6.21 Å². The van der Waals surface area contributed by atoms with Crippen molar-refractivity contribution >= 4 is 40.5 Å². The van der Waals surface area contributed by atoms with Crippen LogP contribution in [-0.4, -0.2) is 64.7 Å². The van der Waals surface area contributed by atoms with E-state index in [-0.39, 0.29) is 28.8 Å². The number of halogens is 1. The Morgan fingerprint density at radius 3 is 2.50 bits per heavy atom. The smallest absolute Gasteiger partial charge is 0.271 e. The van der Waals surface area contributed by atoms with Gasteiger partial charge in [-0.1, -0.05) is 60.1 Å². The number of amides is 2. The molecule has 1 aromatic heterocycles. The van der Waals surface area contributed by atoms with E-state index < -0.39 is 5.91 Å². The highest BCUT2D eigenvalue weighted by Gasteiger charge is 2.17. The number of benzene rings is 3. The minimum atomic E-state index is -0.459. The second kappa shape index (κ2) is 12.4. The first kappa shape index (κ1) is 26.9. The van der Waals surface area contributed by atoms with Crippen molar-refractivity contribution in [3.8, 4) is 5.75 Å². The average molecular weight is 532 g/mol. The predicted octanol–water partition coefficient (Wildman–Crippen LogP) is 4.35. The number of rotatable bonds is 10. The van der Waals surface area contributed by atoms with Gasteiger partial charge in [0.25, 0.3) is 5.91 Å². The maximum Gasteiger partial charge on any atom is 0.271 e. The summed E-state index contributed by atoms with van der Waals surface area (Å²) in [6.07, 6.45) is 3.42. The van der Waals surface area contributed by atoms with Crippen LogP contribution in [0.4, 0.5) is 0 Å². The molecule has 3 aromatic carbocycles. The number of phenols is 1. The first-order chi connectivity index (χ1) is 18.3. The van der Waals surface area contributed by atoms with Crippen molar-refractivity contribution in [3.63, 3.8) is 0 Å². The number of phenolic OH excluding ortho intramolecular Hbond substituents is 1. The summed E-state index contributed by atoms with van der Waals surface area (Å²) in [5, 5.41) is 14.7. The lowest BCUT2D eigenvalue weighted by atomic mass is 10.2. The van der Waals surface area contributed by atoms with Gasteiger partial charge in [-0.15, -0.1) is 0 Å². The number of para-hydroxylation sites is 1. The standard InChI is InChI=1S/C29H30ClN5O3/c1-33(2)14-15-34(18-21-8-4-3-5-9-21)28(37)20-35-19-23(24-10-6-7-11-26(24)35)17-31-32-29(38)22-12-13-27(36)25(30)16-22/h3-13,16-17,19,36H,14-15,18,20H2,1-2H3,(H,32,38). The Labute approximate surface area is 226 Å². The van der Waals surface area contributed by atoms with Crippen LogP contribution in [0.15, 0.2) is 84.1 Å². The van der Waals surface area contributed by atoms with Crippen LogP contribution in [0.1, 0.15) is 21.5 Å². The first-order valence-corrected chi connectivity index (χ1v) is 12.6. The number of nitrogens with zero attached hydrogens (tertiary/aromatic N) is 4. The molecule has 0 unspecified atom stereocenters. The third-order valence-electron chi connectivity index (χ3n) is 6.09. The highest BCUT2D eigenvalue weighted by atomic mass is 35.5. The van der Waals surface area contributed by atoms with E-state index in [1.807, 2.05) is 84.4 Å². The van der Waals surface area contributed by atoms with Gasteiger partial charge in [0.2, 0.25) is 5.91 Å². The molecule has 0 saturated heterocycles. The van der Waals surface area contributed by atoms with E-state index in [4.69, 9.17) is 11.6 Å². The quantitative estimate of drug-likeness (QED) is 0.235. The fourth-order valence-corrected chi connectivity index (χ4v) is 4.22. The summed E-state index contributed by atoms with van der Waals surface area (Å²) in [6.45, 7) is 2.08. The van der Waals surface area contributed by atoms with E-state index in [0.717, 1.165) is 28.6 Å². The normalized spacial score (nSPS) is 11.4. The number of carbonyl (C=O) groups excluding carboxylic acids is 2. The number of fused-ring (bicyclic) bond motifs is 1. The Kier molecular flexibility index (Phi) is 8.78. The molecular formula is C29H30ClN5O3. The van der Waals surface area contributed by atoms with E-state index in [0.29, 0.717) is 13.1 Å². The summed E-state index contributed by atoms with van der Waals surface area (Å²) in [7, 11) is 3.98. The van der Waals surface area contributed by atoms with Crippen LogP contribution >= 0.6 is 11.6 Å². The van der Waals surface area contributed by atoms with E-state index >= 15 is 0 Å². The van der Waals surface area contributed by atoms with Crippen molar-refractivity contribution < 1.29 is 14.7 Å². The zero-order valence-corrected chi connectivity index (χ0v) is 22.1. The lowest BCUT2D eigenvalue weighted by Gasteiger charge is -2.25. The number of aromatic nitrogens is 1. The molecule has 0 radical (unpaired) electrons. The molecule has 0 aliphatic rings. The van der Waals surface area contributed by atoms with Gasteiger partial charge in [-0.05, 0) is 43.9 Å². The number of hydrogen-bond donors (Lipinski definition) is 2. The Balaban J connectivity index is 1.51. The van der Waals surface area contributed by atoms with E-state index in [2.05, 4.69) is 15.4 Å². The molecular weight excluding hydrogens is 502 g/mol. The molecule has 1 heterocycles. The van der Waals surface area contributed by atoms with Gasteiger partial charge in [0.1, 0.15) is 12.3 Å². The van der Waals surface area contributed by atoms with Crippen LogP contribution in [0.5, 0.6) is 5.75 Å². The molecule has 8 nitrogen and oxygen atoms in total. The monoisotopic (exact) mass is 531 g/mol. The van der Waals surface area contributed by atoms with Crippen molar-refractivity contribution in [2.75, 3.05) is 27.2 Å². The Morgan fingerprint density at radius 2 is 1.76 bits per heavy atom. The molecule has 38 heavy (non-hydrogen) atoms. The minimum absolute atomic E-state index is 0.0115. The number of hydrazone groups is 1. The summed E-state index contributed by atoms with van der Waals surface area (Å²) in [4.78, 5) is 29.8. The molecule has 0 fully saturated rings. The molecule has 0 spiro atoms. The minimum Gasteiger partial charge on any atom is -0.506 e. The maximum atomic E-state index is 13.5. The number of carbonyl (C=O) groups is 2. The Bertz CT molecular complexity index is 1450. The molecule has 0 atom stereocenters. The SMILES string of the molecule is CN(C)CCN(Cc1ccccc1)C(=O)Cn1cc(C=NNC(=O)c2ccc(O)c(Cl)c2)c2ccccc21. The van der Waals surface area contributed by atoms with Crippen molar-refractivity contribution in [3.05, 3.63) is 101 Å². The number of nitrogens with one attached hydrogen (secondary N) is 1. The average Bonchev–Trinajstić information content (AvgIpc) is 3.25. The van der Waals surface area contributed by atoms with Crippen molar-refractivity contribution in [2.45, 2.75) is 13.1 Å². The molecule has 0 aliphatic heterocycles. The van der Waals surface area contributed by atoms with Crippen LogP contribution < -0.4 is 5.43 Å². The molecule has 2 N–H and O–H groups in total. The second-order valence-electron chi connectivity index (χ2n) is 9.20. The number of likely N-dealkylation sites (N-methyl/N-ethyl adjacent to an activating group) is 1. The molecule has 0 saturated carbocycles. The molecule has 0 aliphatic carbocycles. The highest BCUT2D eigenvalue weighted by molar-refractivity contribution is 6.32. The molecule has 4 aromatic rings. The topological polar surface area (TPSA) is 90.2 Å². The summed E-state index contributed by atoms with van der Waals surface area (Å²) in [6, 6.07) is 21.9. The summed E-state index contributed by atoms with van der Waals surface area (Å²) in [5.74, 6) is -0.546. The highest BCUT2D eigenvalue weighted by Crippen LogP contribution is 2.24. The molecule has 0 bridgehead atoms. The number of aromatic hydroxyl groups is 1. The van der Waals surface area contributed by atoms with Crippen LogP contribution in [-0.2, 0) is 17.9 Å². The summed E-state index contributed by atoms with van der Waals surface area (Å²) >= 11 is 5.90. The largest absolute Gasteiger partial charge is 0.506 e.